The molecule has 1 heterocycles. The van der Waals surface area contributed by atoms with Crippen LogP contribution in [-0.2, 0) is 0 Å². The Morgan fingerprint density at radius 3 is 2.54 bits per heavy atom. The van der Waals surface area contributed by atoms with E-state index in [4.69, 9.17) is 16.3 Å². The van der Waals surface area contributed by atoms with E-state index in [1.807, 2.05) is 30.3 Å². The van der Waals surface area contributed by atoms with Gasteiger partial charge in [-0.2, -0.15) is 5.10 Å². The zero-order valence-corrected chi connectivity index (χ0v) is 14.9. The van der Waals surface area contributed by atoms with Crippen LogP contribution in [0.3, 0.4) is 0 Å². The van der Waals surface area contributed by atoms with Crippen molar-refractivity contribution in [3.63, 3.8) is 0 Å². The third-order valence-corrected chi connectivity index (χ3v) is 4.03. The molecule has 0 spiro atoms. The van der Waals surface area contributed by atoms with Gasteiger partial charge in [-0.1, -0.05) is 29.8 Å². The van der Waals surface area contributed by atoms with Crippen LogP contribution in [-0.4, -0.2) is 22.8 Å². The highest BCUT2D eigenvalue weighted by Gasteiger charge is 2.16. The van der Waals surface area contributed by atoms with Gasteiger partial charge in [-0.05, 0) is 37.3 Å². The lowest BCUT2D eigenvalue weighted by Crippen LogP contribution is -2.26. The van der Waals surface area contributed by atoms with Gasteiger partial charge in [0.15, 0.2) is 5.69 Å². The molecule has 7 heteroatoms. The van der Waals surface area contributed by atoms with E-state index in [1.165, 1.54) is 13.2 Å². The fraction of sp³-hybridized carbons (Fsp3) is 0.105. The van der Waals surface area contributed by atoms with Crippen LogP contribution in [0.15, 0.2) is 59.4 Å². The second-order valence-corrected chi connectivity index (χ2v) is 5.96. The Bertz CT molecular complexity index is 1020. The molecule has 3 aromatic rings. The van der Waals surface area contributed by atoms with Gasteiger partial charge < -0.3 is 10.1 Å². The molecule has 0 aliphatic heterocycles. The summed E-state index contributed by atoms with van der Waals surface area (Å²) in [6, 6.07) is 15.5. The molecule has 1 N–H and O–H groups in total. The Hall–Kier alpha value is -3.12. The minimum Gasteiger partial charge on any atom is -0.495 e. The van der Waals surface area contributed by atoms with Gasteiger partial charge in [-0.15, -0.1) is 0 Å². The first-order valence-electron chi connectivity index (χ1n) is 7.81. The normalized spacial score (nSPS) is 10.4. The van der Waals surface area contributed by atoms with E-state index in [0.29, 0.717) is 22.2 Å². The van der Waals surface area contributed by atoms with E-state index in [0.717, 1.165) is 5.69 Å². The van der Waals surface area contributed by atoms with Gasteiger partial charge in [0, 0.05) is 17.4 Å². The summed E-state index contributed by atoms with van der Waals surface area (Å²) in [7, 11) is 1.50. The molecular weight excluding hydrogens is 354 g/mol. The van der Waals surface area contributed by atoms with Gasteiger partial charge in [-0.3, -0.25) is 9.59 Å². The fourth-order valence-corrected chi connectivity index (χ4v) is 2.73. The molecule has 0 aliphatic rings. The zero-order chi connectivity index (χ0) is 18.7. The van der Waals surface area contributed by atoms with Crippen molar-refractivity contribution >= 4 is 23.2 Å². The number of halogens is 1. The van der Waals surface area contributed by atoms with Gasteiger partial charge in [0.25, 0.3) is 5.91 Å². The van der Waals surface area contributed by atoms with E-state index in [1.54, 1.807) is 29.8 Å². The van der Waals surface area contributed by atoms with E-state index in [9.17, 15) is 9.59 Å². The summed E-state index contributed by atoms with van der Waals surface area (Å²) in [6.07, 6.45) is 0. The molecule has 0 aliphatic carbocycles. The summed E-state index contributed by atoms with van der Waals surface area (Å²) in [5.41, 5.74) is 1.17. The first-order valence-corrected chi connectivity index (χ1v) is 8.18. The van der Waals surface area contributed by atoms with E-state index < -0.39 is 11.3 Å². The molecule has 0 unspecified atom stereocenters. The Kier molecular flexibility index (Phi) is 5.04. The van der Waals surface area contributed by atoms with Crippen molar-refractivity contribution in [1.82, 2.24) is 9.78 Å². The van der Waals surface area contributed by atoms with E-state index in [-0.39, 0.29) is 5.69 Å². The summed E-state index contributed by atoms with van der Waals surface area (Å²) < 4.78 is 6.63. The fourth-order valence-electron chi connectivity index (χ4n) is 2.47. The largest absolute Gasteiger partial charge is 0.495 e. The third kappa shape index (κ3) is 3.60. The topological polar surface area (TPSA) is 73.2 Å². The minimum absolute atomic E-state index is 0.202. The van der Waals surface area contributed by atoms with Gasteiger partial charge in [0.2, 0.25) is 5.43 Å². The van der Waals surface area contributed by atoms with E-state index >= 15 is 0 Å². The van der Waals surface area contributed by atoms with Crippen molar-refractivity contribution in [2.45, 2.75) is 6.92 Å². The number of nitrogens with zero attached hydrogens (tertiary/aromatic N) is 2. The summed E-state index contributed by atoms with van der Waals surface area (Å²) >= 11 is 6.06. The number of rotatable bonds is 4. The molecule has 2 aromatic carbocycles. The van der Waals surface area contributed by atoms with Crippen molar-refractivity contribution in [3.8, 4) is 11.4 Å². The molecule has 0 fully saturated rings. The van der Waals surface area contributed by atoms with Crippen molar-refractivity contribution in [3.05, 3.63) is 81.2 Å². The summed E-state index contributed by atoms with van der Waals surface area (Å²) in [5.74, 6) is -0.120. The lowest BCUT2D eigenvalue weighted by atomic mass is 10.2. The lowest BCUT2D eigenvalue weighted by Gasteiger charge is -2.11. The molecule has 0 saturated carbocycles. The summed E-state index contributed by atoms with van der Waals surface area (Å²) in [6.45, 7) is 1.76. The molecule has 0 atom stereocenters. The minimum atomic E-state index is -0.610. The van der Waals surface area contributed by atoms with Gasteiger partial charge in [0.05, 0.1) is 17.8 Å². The number of nitrogens with one attached hydrogen (secondary N) is 1. The van der Waals surface area contributed by atoms with Crippen molar-refractivity contribution in [1.29, 1.82) is 0 Å². The number of aromatic nitrogens is 2. The lowest BCUT2D eigenvalue weighted by molar-refractivity contribution is 0.101. The van der Waals surface area contributed by atoms with Crippen LogP contribution in [0.4, 0.5) is 5.69 Å². The van der Waals surface area contributed by atoms with Gasteiger partial charge in [0.1, 0.15) is 5.75 Å². The maximum absolute atomic E-state index is 12.5. The number of carbonyl (C=O) groups is 1. The number of amides is 1. The van der Waals surface area contributed by atoms with Gasteiger partial charge in [-0.25, -0.2) is 4.68 Å². The number of benzene rings is 2. The number of carbonyl (C=O) groups excluding carboxylic acids is 1. The number of methoxy groups -OCH3 is 1. The van der Waals surface area contributed by atoms with Crippen molar-refractivity contribution < 1.29 is 9.53 Å². The van der Waals surface area contributed by atoms with Crippen LogP contribution in [0.1, 0.15) is 16.2 Å². The highest BCUT2D eigenvalue weighted by molar-refractivity contribution is 6.32. The molecule has 0 radical (unpaired) electrons. The molecule has 0 bridgehead atoms. The highest BCUT2D eigenvalue weighted by Crippen LogP contribution is 2.27. The van der Waals surface area contributed by atoms with E-state index in [2.05, 4.69) is 10.4 Å². The molecule has 0 saturated heterocycles. The second-order valence-electron chi connectivity index (χ2n) is 5.55. The summed E-state index contributed by atoms with van der Waals surface area (Å²) in [5, 5.41) is 7.21. The predicted molar refractivity (Wildman–Crippen MR) is 101 cm³/mol. The number of hydrogen-bond donors (Lipinski definition) is 1. The standard InChI is InChI=1S/C19H16ClN3O3/c1-12-10-16(24)18(22-23(12)14-6-4-3-5-7-14)19(25)21-13-8-9-17(26-2)15(20)11-13/h3-11H,1-2H3,(H,21,25). The zero-order valence-electron chi connectivity index (χ0n) is 14.2. The van der Waals surface area contributed by atoms with Crippen molar-refractivity contribution in [2.75, 3.05) is 12.4 Å². The van der Waals surface area contributed by atoms with Crippen LogP contribution < -0.4 is 15.5 Å². The molecule has 3 rings (SSSR count). The molecule has 1 aromatic heterocycles. The Morgan fingerprint density at radius 1 is 1.15 bits per heavy atom. The van der Waals surface area contributed by atoms with Crippen LogP contribution in [0.2, 0.25) is 5.02 Å². The molecule has 26 heavy (non-hydrogen) atoms. The predicted octanol–water partition coefficient (Wildman–Crippen LogP) is 3.46. The number of ether oxygens (including phenoxy) is 1. The Labute approximate surface area is 155 Å². The average Bonchev–Trinajstić information content (AvgIpc) is 2.62. The third-order valence-electron chi connectivity index (χ3n) is 3.73. The highest BCUT2D eigenvalue weighted by atomic mass is 35.5. The first-order chi connectivity index (χ1) is 12.5. The molecular formula is C19H16ClN3O3. The van der Waals surface area contributed by atoms with Crippen LogP contribution >= 0.6 is 11.6 Å². The van der Waals surface area contributed by atoms with Gasteiger partial charge >= 0.3 is 0 Å². The SMILES string of the molecule is COc1ccc(NC(=O)c2nn(-c3ccccc3)c(C)cc2=O)cc1Cl. The maximum atomic E-state index is 12.5. The first kappa shape index (κ1) is 17.7. The Morgan fingerprint density at radius 2 is 1.88 bits per heavy atom. The number of hydrogen-bond acceptors (Lipinski definition) is 4. The summed E-state index contributed by atoms with van der Waals surface area (Å²) in [4.78, 5) is 24.8. The maximum Gasteiger partial charge on any atom is 0.280 e. The number of para-hydroxylation sites is 1. The molecule has 132 valence electrons. The quantitative estimate of drug-likeness (QED) is 0.764. The van der Waals surface area contributed by atoms with Crippen LogP contribution in [0.25, 0.3) is 5.69 Å². The number of anilines is 1. The van der Waals surface area contributed by atoms with Crippen molar-refractivity contribution in [2.24, 2.45) is 0 Å². The Balaban J connectivity index is 1.95. The smallest absolute Gasteiger partial charge is 0.280 e. The van der Waals surface area contributed by atoms with Crippen LogP contribution in [0, 0.1) is 6.92 Å². The second kappa shape index (κ2) is 7.41. The molecule has 1 amide bonds. The van der Waals surface area contributed by atoms with Crippen LogP contribution in [0.5, 0.6) is 5.75 Å². The number of aryl methyl sites for hydroxylation is 1. The molecule has 6 nitrogen and oxygen atoms in total. The average molecular weight is 370 g/mol. The monoisotopic (exact) mass is 369 g/mol.